The van der Waals surface area contributed by atoms with Crippen LogP contribution in [0.4, 0.5) is 0 Å². The molecule has 6 nitrogen and oxygen atoms in total. The summed E-state index contributed by atoms with van der Waals surface area (Å²) in [5, 5.41) is 0. The van der Waals surface area contributed by atoms with Crippen LogP contribution in [-0.4, -0.2) is 63.1 Å². The predicted molar refractivity (Wildman–Crippen MR) is 91.5 cm³/mol. The quantitative estimate of drug-likeness (QED) is 0.387. The number of rotatable bonds is 8. The van der Waals surface area contributed by atoms with Gasteiger partial charge in [0, 0.05) is 27.8 Å². The Hall–Kier alpha value is -0.420. The van der Waals surface area contributed by atoms with Gasteiger partial charge in [0.25, 0.3) is 0 Å². The van der Waals surface area contributed by atoms with Crippen LogP contribution in [0.3, 0.4) is 0 Å². The largest absolute Gasteiger partial charge is 0.455 e. The Morgan fingerprint density at radius 3 is 2.27 bits per heavy atom. The molecule has 130 valence electrons. The molecule has 0 aliphatic carbocycles. The molecule has 1 aliphatic heterocycles. The summed E-state index contributed by atoms with van der Waals surface area (Å²) in [5.41, 5.74) is 0. The van der Waals surface area contributed by atoms with E-state index in [1.54, 1.807) is 0 Å². The van der Waals surface area contributed by atoms with Crippen molar-refractivity contribution in [3.8, 4) is 0 Å². The first kappa shape index (κ1) is 19.6. The van der Waals surface area contributed by atoms with E-state index in [1.165, 1.54) is 39.9 Å². The number of hydrogen-bond acceptors (Lipinski definition) is 4. The summed E-state index contributed by atoms with van der Waals surface area (Å²) in [6.45, 7) is 5.91. The summed E-state index contributed by atoms with van der Waals surface area (Å²) >= 11 is 0. The van der Waals surface area contributed by atoms with E-state index in [1.807, 2.05) is 7.05 Å². The van der Waals surface area contributed by atoms with Crippen molar-refractivity contribution in [1.82, 2.24) is 9.80 Å². The van der Waals surface area contributed by atoms with E-state index in [9.17, 15) is 4.57 Å². The number of likely N-dealkylation sites (tertiary alicyclic amines) is 1. The zero-order chi connectivity index (χ0) is 16.4. The normalized spacial score (nSPS) is 18.3. The minimum Gasteiger partial charge on any atom is -0.362 e. The van der Waals surface area contributed by atoms with E-state index < -0.39 is 7.75 Å². The molecule has 1 saturated heterocycles. The second kappa shape index (κ2) is 10.4. The van der Waals surface area contributed by atoms with Crippen LogP contribution in [0.15, 0.2) is 4.76 Å². The summed E-state index contributed by atoms with van der Waals surface area (Å²) in [6, 6.07) is 0. The molecule has 0 unspecified atom stereocenters. The van der Waals surface area contributed by atoms with Gasteiger partial charge in [-0.1, -0.05) is 26.2 Å². The van der Waals surface area contributed by atoms with Crippen LogP contribution in [-0.2, 0) is 13.6 Å². The van der Waals surface area contributed by atoms with Gasteiger partial charge in [0.2, 0.25) is 0 Å². The van der Waals surface area contributed by atoms with Crippen LogP contribution in [0, 0.1) is 0 Å². The van der Waals surface area contributed by atoms with Gasteiger partial charge in [-0.2, -0.15) is 4.76 Å². The average molecular weight is 333 g/mol. The molecule has 0 atom stereocenters. The Balaban J connectivity index is 2.84. The fourth-order valence-corrected chi connectivity index (χ4v) is 3.36. The molecule has 0 spiro atoms. The van der Waals surface area contributed by atoms with Crippen molar-refractivity contribution in [3.05, 3.63) is 0 Å². The summed E-state index contributed by atoms with van der Waals surface area (Å²) < 4.78 is 26.7. The summed E-state index contributed by atoms with van der Waals surface area (Å²) in [5.74, 6) is 0.794. The van der Waals surface area contributed by atoms with Crippen LogP contribution >= 0.6 is 7.75 Å². The van der Waals surface area contributed by atoms with Gasteiger partial charge in [-0.25, -0.2) is 4.57 Å². The van der Waals surface area contributed by atoms with Gasteiger partial charge in [-0.05, 0) is 32.4 Å². The Labute approximate surface area is 135 Å². The first-order valence-corrected chi connectivity index (χ1v) is 9.78. The van der Waals surface area contributed by atoms with E-state index in [0.29, 0.717) is 6.54 Å². The third-order valence-electron chi connectivity index (χ3n) is 4.05. The van der Waals surface area contributed by atoms with Crippen molar-refractivity contribution < 1.29 is 13.6 Å². The first-order valence-electron chi connectivity index (χ1n) is 8.28. The fourth-order valence-electron chi connectivity index (χ4n) is 2.54. The minimum absolute atomic E-state index is 0.705. The van der Waals surface area contributed by atoms with Crippen molar-refractivity contribution in [2.24, 2.45) is 4.76 Å². The molecule has 0 aromatic heterocycles. The molecule has 1 heterocycles. The maximum absolute atomic E-state index is 12.4. The molecule has 0 bridgehead atoms. The highest BCUT2D eigenvalue weighted by Gasteiger charge is 2.24. The van der Waals surface area contributed by atoms with Gasteiger partial charge < -0.3 is 4.90 Å². The Bertz CT molecular complexity index is 374. The number of nitrogens with zero attached hydrogens (tertiary/aromatic N) is 3. The molecule has 0 radical (unpaired) electrons. The summed E-state index contributed by atoms with van der Waals surface area (Å²) in [7, 11) is 1.38. The lowest BCUT2D eigenvalue weighted by Gasteiger charge is -2.27. The highest BCUT2D eigenvalue weighted by atomic mass is 31.2. The van der Waals surface area contributed by atoms with Gasteiger partial charge in [-0.15, -0.1) is 0 Å². The lowest BCUT2D eigenvalue weighted by atomic mass is 10.2. The molecule has 7 heteroatoms. The molecular weight excluding hydrogens is 301 g/mol. The van der Waals surface area contributed by atoms with Crippen molar-refractivity contribution in [2.45, 2.75) is 45.4 Å². The molecular formula is C15H32N3O3P. The van der Waals surface area contributed by atoms with Crippen molar-refractivity contribution in [3.63, 3.8) is 0 Å². The lowest BCUT2D eigenvalue weighted by molar-refractivity contribution is 0.274. The summed E-state index contributed by atoms with van der Waals surface area (Å²) in [6.07, 6.45) is 7.23. The second-order valence-electron chi connectivity index (χ2n) is 5.82. The summed E-state index contributed by atoms with van der Waals surface area (Å²) in [4.78, 5) is 4.48. The smallest absolute Gasteiger partial charge is 0.362 e. The minimum atomic E-state index is -3.38. The Morgan fingerprint density at radius 1 is 1.18 bits per heavy atom. The van der Waals surface area contributed by atoms with Crippen molar-refractivity contribution in [1.29, 1.82) is 0 Å². The molecule has 22 heavy (non-hydrogen) atoms. The van der Waals surface area contributed by atoms with E-state index in [4.69, 9.17) is 9.05 Å². The number of unbranched alkanes of at least 4 members (excludes halogenated alkanes) is 1. The van der Waals surface area contributed by atoms with Crippen LogP contribution in [0.1, 0.15) is 45.4 Å². The second-order valence-corrected chi connectivity index (χ2v) is 7.68. The molecule has 0 saturated carbocycles. The van der Waals surface area contributed by atoms with Gasteiger partial charge in [0.15, 0.2) is 0 Å². The fraction of sp³-hybridized carbons (Fsp3) is 0.933. The van der Waals surface area contributed by atoms with Crippen molar-refractivity contribution >= 4 is 13.6 Å². The molecule has 0 aromatic rings. The highest BCUT2D eigenvalue weighted by molar-refractivity contribution is 7.52. The number of hydrogen-bond donors (Lipinski definition) is 0. The van der Waals surface area contributed by atoms with Gasteiger partial charge in [0.1, 0.15) is 5.84 Å². The molecule has 1 rings (SSSR count). The van der Waals surface area contributed by atoms with Crippen LogP contribution in [0.2, 0.25) is 0 Å². The first-order chi connectivity index (χ1) is 10.5. The molecule has 0 amide bonds. The van der Waals surface area contributed by atoms with Crippen LogP contribution < -0.4 is 0 Å². The highest BCUT2D eigenvalue weighted by Crippen LogP contribution is 2.48. The van der Waals surface area contributed by atoms with Crippen LogP contribution in [0.25, 0.3) is 0 Å². The lowest BCUT2D eigenvalue weighted by Crippen LogP contribution is -2.39. The maximum Gasteiger partial charge on any atom is 0.455 e. The molecule has 0 aromatic carbocycles. The standard InChI is InChI=1S/C15H32N3O3P/c1-5-6-11-17(2)15(16-22(19,20-3)21-4)14-18-12-9-7-8-10-13-18/h5-14H2,1-4H3/b16-15-. The number of likely N-dealkylation sites (N-methyl/N-ethyl adjacent to an activating group) is 1. The van der Waals surface area contributed by atoms with Gasteiger partial charge in [0.05, 0.1) is 6.54 Å². The number of amidine groups is 1. The monoisotopic (exact) mass is 333 g/mol. The Morgan fingerprint density at radius 2 is 1.77 bits per heavy atom. The van der Waals surface area contributed by atoms with E-state index in [-0.39, 0.29) is 0 Å². The van der Waals surface area contributed by atoms with E-state index >= 15 is 0 Å². The third-order valence-corrected chi connectivity index (χ3v) is 5.45. The molecule has 0 N–H and O–H groups in total. The zero-order valence-corrected chi connectivity index (χ0v) is 15.5. The Kier molecular flexibility index (Phi) is 9.25. The zero-order valence-electron chi connectivity index (χ0n) is 14.6. The molecule has 1 fully saturated rings. The SMILES string of the molecule is CCCCN(C)/C(CN1CCCCCC1)=N\P(=O)(OC)OC. The average Bonchev–Trinajstić information content (AvgIpc) is 2.80. The van der Waals surface area contributed by atoms with E-state index in [0.717, 1.165) is 38.3 Å². The maximum atomic E-state index is 12.4. The van der Waals surface area contributed by atoms with Crippen molar-refractivity contribution in [2.75, 3.05) is 47.4 Å². The third kappa shape index (κ3) is 6.78. The van der Waals surface area contributed by atoms with Gasteiger partial charge in [-0.3, -0.25) is 13.9 Å². The predicted octanol–water partition coefficient (Wildman–Crippen LogP) is 3.39. The molecule has 1 aliphatic rings. The topological polar surface area (TPSA) is 54.4 Å². The van der Waals surface area contributed by atoms with E-state index in [2.05, 4.69) is 21.5 Å². The van der Waals surface area contributed by atoms with Crippen LogP contribution in [0.5, 0.6) is 0 Å². The van der Waals surface area contributed by atoms with Gasteiger partial charge >= 0.3 is 7.75 Å².